The summed E-state index contributed by atoms with van der Waals surface area (Å²) in [7, 11) is 0. The summed E-state index contributed by atoms with van der Waals surface area (Å²) < 4.78 is 12.4. The molecule has 1 saturated heterocycles. The van der Waals surface area contributed by atoms with E-state index in [-0.39, 0.29) is 6.03 Å². The van der Waals surface area contributed by atoms with Crippen LogP contribution in [0.25, 0.3) is 22.0 Å². The number of hydrogen-bond donors (Lipinski definition) is 1. The molecule has 0 saturated carbocycles. The SMILES string of the molecule is Cc1c(-c2ccc3c(c2)COC2(CCN(C(N)=O)CC2)O3)ccc2cccnc12. The molecule has 2 aliphatic heterocycles. The molecule has 3 heterocycles. The molecule has 1 aromatic heterocycles. The minimum absolute atomic E-state index is 0.388. The molecule has 6 heteroatoms. The summed E-state index contributed by atoms with van der Waals surface area (Å²) in [5.74, 6) is 0.188. The van der Waals surface area contributed by atoms with Crippen molar-refractivity contribution in [3.05, 3.63) is 59.8 Å². The van der Waals surface area contributed by atoms with Crippen LogP contribution in [0.3, 0.4) is 0 Å². The summed E-state index contributed by atoms with van der Waals surface area (Å²) in [5.41, 5.74) is 10.9. The third-order valence-corrected chi connectivity index (χ3v) is 6.02. The number of piperidine rings is 1. The van der Waals surface area contributed by atoms with Crippen molar-refractivity contribution >= 4 is 16.9 Å². The average molecular weight is 389 g/mol. The summed E-state index contributed by atoms with van der Waals surface area (Å²) in [4.78, 5) is 17.5. The quantitative estimate of drug-likeness (QED) is 0.683. The Morgan fingerprint density at radius 3 is 2.79 bits per heavy atom. The minimum atomic E-state index is -0.663. The first-order chi connectivity index (χ1) is 14.0. The van der Waals surface area contributed by atoms with Gasteiger partial charge in [-0.05, 0) is 41.8 Å². The lowest BCUT2D eigenvalue weighted by atomic mass is 9.95. The normalized spacial score (nSPS) is 17.8. The van der Waals surface area contributed by atoms with Crippen molar-refractivity contribution in [2.24, 2.45) is 5.73 Å². The predicted octanol–water partition coefficient (Wildman–Crippen LogP) is 3.99. The van der Waals surface area contributed by atoms with Gasteiger partial charge in [0.2, 0.25) is 5.79 Å². The number of fused-ring (bicyclic) bond motifs is 2. The van der Waals surface area contributed by atoms with Gasteiger partial charge in [0, 0.05) is 43.1 Å². The van der Waals surface area contributed by atoms with Crippen LogP contribution in [-0.2, 0) is 11.3 Å². The second-order valence-corrected chi connectivity index (χ2v) is 7.76. The zero-order chi connectivity index (χ0) is 20.0. The molecule has 2 aromatic carbocycles. The Hall–Kier alpha value is -3.12. The molecule has 0 aliphatic carbocycles. The molecular formula is C23H23N3O3. The Morgan fingerprint density at radius 1 is 1.17 bits per heavy atom. The number of aryl methyl sites for hydroxylation is 1. The Bertz CT molecular complexity index is 1100. The largest absolute Gasteiger partial charge is 0.462 e. The molecule has 148 valence electrons. The van der Waals surface area contributed by atoms with Crippen molar-refractivity contribution in [3.63, 3.8) is 0 Å². The van der Waals surface area contributed by atoms with Gasteiger partial charge in [-0.1, -0.05) is 24.3 Å². The zero-order valence-electron chi connectivity index (χ0n) is 16.4. The smallest absolute Gasteiger partial charge is 0.314 e. The van der Waals surface area contributed by atoms with Gasteiger partial charge in [0.15, 0.2) is 0 Å². The Balaban J connectivity index is 1.42. The van der Waals surface area contributed by atoms with Crippen LogP contribution in [0.1, 0.15) is 24.0 Å². The average Bonchev–Trinajstić information content (AvgIpc) is 2.74. The van der Waals surface area contributed by atoms with Crippen molar-refractivity contribution in [3.8, 4) is 16.9 Å². The molecule has 1 fully saturated rings. The van der Waals surface area contributed by atoms with Gasteiger partial charge in [0.25, 0.3) is 0 Å². The van der Waals surface area contributed by atoms with E-state index in [0.717, 1.165) is 38.9 Å². The molecule has 6 nitrogen and oxygen atoms in total. The van der Waals surface area contributed by atoms with Gasteiger partial charge in [-0.15, -0.1) is 0 Å². The maximum Gasteiger partial charge on any atom is 0.314 e. The lowest BCUT2D eigenvalue weighted by Crippen LogP contribution is -2.53. The molecule has 0 unspecified atom stereocenters. The second-order valence-electron chi connectivity index (χ2n) is 7.76. The Morgan fingerprint density at radius 2 is 2.00 bits per heavy atom. The summed E-state index contributed by atoms with van der Waals surface area (Å²) in [6.07, 6.45) is 3.07. The van der Waals surface area contributed by atoms with Gasteiger partial charge < -0.3 is 20.1 Å². The van der Waals surface area contributed by atoms with Crippen molar-refractivity contribution in [1.29, 1.82) is 0 Å². The maximum atomic E-state index is 11.4. The number of hydrogen-bond acceptors (Lipinski definition) is 4. The molecule has 1 spiro atoms. The van der Waals surface area contributed by atoms with Gasteiger partial charge in [-0.25, -0.2) is 4.79 Å². The Kier molecular flexibility index (Phi) is 4.17. The van der Waals surface area contributed by atoms with Crippen molar-refractivity contribution in [2.75, 3.05) is 13.1 Å². The standard InChI is InChI=1S/C23H23N3O3/c1-15-19(6-4-16-3-2-10-25-21(15)16)17-5-7-20-18(13-17)14-28-23(29-20)8-11-26(12-9-23)22(24)27/h2-7,10,13H,8-9,11-12,14H2,1H3,(H2,24,27). The highest BCUT2D eigenvalue weighted by atomic mass is 16.7. The van der Waals surface area contributed by atoms with Crippen LogP contribution in [0.15, 0.2) is 48.7 Å². The van der Waals surface area contributed by atoms with Gasteiger partial charge in [0.1, 0.15) is 5.75 Å². The van der Waals surface area contributed by atoms with Crippen LogP contribution in [0.2, 0.25) is 0 Å². The number of ether oxygens (including phenoxy) is 2. The fraction of sp³-hybridized carbons (Fsp3) is 0.304. The number of carbonyl (C=O) groups is 1. The highest BCUT2D eigenvalue weighted by Gasteiger charge is 2.41. The van der Waals surface area contributed by atoms with Crippen molar-refractivity contribution in [2.45, 2.75) is 32.2 Å². The number of benzene rings is 2. The van der Waals surface area contributed by atoms with Gasteiger partial charge in [0.05, 0.1) is 12.1 Å². The number of likely N-dealkylation sites (tertiary alicyclic amines) is 1. The highest BCUT2D eigenvalue weighted by molar-refractivity contribution is 5.88. The van der Waals surface area contributed by atoms with Crippen LogP contribution < -0.4 is 10.5 Å². The van der Waals surface area contributed by atoms with E-state index in [2.05, 4.69) is 42.2 Å². The van der Waals surface area contributed by atoms with E-state index in [1.165, 1.54) is 0 Å². The van der Waals surface area contributed by atoms with E-state index in [1.807, 2.05) is 18.3 Å². The summed E-state index contributed by atoms with van der Waals surface area (Å²) in [5, 5.41) is 1.14. The lowest BCUT2D eigenvalue weighted by Gasteiger charge is -2.43. The number of aromatic nitrogens is 1. The van der Waals surface area contributed by atoms with E-state index in [9.17, 15) is 4.79 Å². The number of nitrogens with two attached hydrogens (primary N) is 1. The lowest BCUT2D eigenvalue weighted by molar-refractivity contribution is -0.225. The molecule has 2 aliphatic rings. The highest BCUT2D eigenvalue weighted by Crippen LogP contribution is 2.40. The first kappa shape index (κ1) is 17.9. The Labute approximate surface area is 169 Å². The van der Waals surface area contributed by atoms with E-state index in [1.54, 1.807) is 4.90 Å². The summed E-state index contributed by atoms with van der Waals surface area (Å²) >= 11 is 0. The van der Waals surface area contributed by atoms with Crippen LogP contribution in [0, 0.1) is 6.92 Å². The first-order valence-electron chi connectivity index (χ1n) is 9.90. The zero-order valence-corrected chi connectivity index (χ0v) is 16.4. The number of primary amides is 1. The number of amides is 2. The van der Waals surface area contributed by atoms with Crippen LogP contribution in [-0.4, -0.2) is 34.8 Å². The van der Waals surface area contributed by atoms with Gasteiger partial charge >= 0.3 is 6.03 Å². The molecule has 2 amide bonds. The molecule has 0 bridgehead atoms. The summed E-state index contributed by atoms with van der Waals surface area (Å²) in [6, 6.07) is 14.2. The summed E-state index contributed by atoms with van der Waals surface area (Å²) in [6.45, 7) is 3.70. The van der Waals surface area contributed by atoms with E-state index in [4.69, 9.17) is 15.2 Å². The number of nitrogens with zero attached hydrogens (tertiary/aromatic N) is 2. The molecule has 3 aromatic rings. The van der Waals surface area contributed by atoms with E-state index < -0.39 is 5.79 Å². The number of pyridine rings is 1. The number of carbonyl (C=O) groups excluding carboxylic acids is 1. The minimum Gasteiger partial charge on any atom is -0.462 e. The topological polar surface area (TPSA) is 77.7 Å². The molecular weight excluding hydrogens is 366 g/mol. The molecule has 29 heavy (non-hydrogen) atoms. The van der Waals surface area contributed by atoms with E-state index >= 15 is 0 Å². The first-order valence-corrected chi connectivity index (χ1v) is 9.90. The van der Waals surface area contributed by atoms with E-state index in [0.29, 0.717) is 32.5 Å². The number of rotatable bonds is 1. The third kappa shape index (κ3) is 3.09. The predicted molar refractivity (Wildman–Crippen MR) is 110 cm³/mol. The molecule has 0 atom stereocenters. The van der Waals surface area contributed by atoms with Crippen LogP contribution in [0.5, 0.6) is 5.75 Å². The van der Waals surface area contributed by atoms with Crippen LogP contribution in [0.4, 0.5) is 4.79 Å². The van der Waals surface area contributed by atoms with Gasteiger partial charge in [-0.2, -0.15) is 0 Å². The molecule has 0 radical (unpaired) electrons. The number of urea groups is 1. The second kappa shape index (κ2) is 6.74. The molecule has 2 N–H and O–H groups in total. The maximum absolute atomic E-state index is 11.4. The fourth-order valence-electron chi connectivity index (χ4n) is 4.32. The molecule has 5 rings (SSSR count). The van der Waals surface area contributed by atoms with Crippen LogP contribution >= 0.6 is 0 Å². The fourth-order valence-corrected chi connectivity index (χ4v) is 4.32. The third-order valence-electron chi connectivity index (χ3n) is 6.02. The van der Waals surface area contributed by atoms with Gasteiger partial charge in [-0.3, -0.25) is 4.98 Å². The monoisotopic (exact) mass is 389 g/mol. The van der Waals surface area contributed by atoms with Crippen molar-refractivity contribution in [1.82, 2.24) is 9.88 Å². The van der Waals surface area contributed by atoms with Crippen molar-refractivity contribution < 1.29 is 14.3 Å².